The summed E-state index contributed by atoms with van der Waals surface area (Å²) in [6.45, 7) is 0.279. The van der Waals surface area contributed by atoms with Gasteiger partial charge in [-0.3, -0.25) is 19.6 Å². The van der Waals surface area contributed by atoms with Crippen LogP contribution in [0.4, 0.5) is 5.69 Å². The molecule has 1 aromatic heterocycles. The molecule has 142 valence electrons. The number of halogens is 2. The third kappa shape index (κ3) is 5.02. The van der Waals surface area contributed by atoms with Gasteiger partial charge in [0.2, 0.25) is 5.69 Å². The maximum Gasteiger partial charge on any atom is 0.320 e. The minimum Gasteiger partial charge on any atom is -0.265 e. The monoisotopic (exact) mass is 461 g/mol. The molecule has 1 N–H and O–H groups in total. The van der Waals surface area contributed by atoms with Crippen LogP contribution in [-0.4, -0.2) is 26.8 Å². The van der Waals surface area contributed by atoms with Crippen molar-refractivity contribution < 1.29 is 9.72 Å². The van der Waals surface area contributed by atoms with Crippen molar-refractivity contribution in [3.8, 4) is 0 Å². The smallest absolute Gasteiger partial charge is 0.265 e. The summed E-state index contributed by atoms with van der Waals surface area (Å²) in [6.07, 6.45) is 2.62. The van der Waals surface area contributed by atoms with E-state index in [4.69, 9.17) is 11.6 Å². The Balaban J connectivity index is 1.76. The lowest BCUT2D eigenvalue weighted by molar-refractivity contribution is -0.385. The lowest BCUT2D eigenvalue weighted by Gasteiger charge is -2.01. The van der Waals surface area contributed by atoms with E-state index < -0.39 is 16.5 Å². The van der Waals surface area contributed by atoms with Crippen LogP contribution in [0.1, 0.15) is 21.6 Å². The summed E-state index contributed by atoms with van der Waals surface area (Å²) in [6, 6.07) is 14.2. The van der Waals surface area contributed by atoms with Crippen LogP contribution in [0, 0.1) is 10.1 Å². The molecule has 0 aliphatic carbocycles. The van der Waals surface area contributed by atoms with Crippen molar-refractivity contribution >= 4 is 45.3 Å². The maximum atomic E-state index is 12.3. The Morgan fingerprint density at radius 3 is 2.75 bits per heavy atom. The van der Waals surface area contributed by atoms with Gasteiger partial charge in [0.25, 0.3) is 5.91 Å². The van der Waals surface area contributed by atoms with Crippen LogP contribution in [0.5, 0.6) is 0 Å². The van der Waals surface area contributed by atoms with E-state index in [9.17, 15) is 14.9 Å². The molecule has 1 amide bonds. The average molecular weight is 463 g/mol. The summed E-state index contributed by atoms with van der Waals surface area (Å²) in [4.78, 5) is 22.9. The summed E-state index contributed by atoms with van der Waals surface area (Å²) in [5, 5.41) is 19.7. The molecule has 0 saturated carbocycles. The predicted molar refractivity (Wildman–Crippen MR) is 109 cm³/mol. The SMILES string of the molecule is O=C(N/N=C\c1ccc(Cl)cc1)c1nn(Cc2cccc(Br)c2)cc1[N+](=O)[O-]. The fourth-order valence-corrected chi connectivity index (χ4v) is 2.95. The number of benzene rings is 2. The van der Waals surface area contributed by atoms with Crippen molar-refractivity contribution in [2.24, 2.45) is 5.10 Å². The third-order valence-corrected chi connectivity index (χ3v) is 4.38. The molecule has 0 spiro atoms. The van der Waals surface area contributed by atoms with E-state index in [-0.39, 0.29) is 12.2 Å². The average Bonchev–Trinajstić information content (AvgIpc) is 3.07. The third-order valence-electron chi connectivity index (χ3n) is 3.64. The van der Waals surface area contributed by atoms with Crippen molar-refractivity contribution in [1.82, 2.24) is 15.2 Å². The van der Waals surface area contributed by atoms with E-state index in [2.05, 4.69) is 31.6 Å². The maximum absolute atomic E-state index is 12.3. The lowest BCUT2D eigenvalue weighted by atomic mass is 10.2. The molecule has 0 fully saturated rings. The lowest BCUT2D eigenvalue weighted by Crippen LogP contribution is -2.19. The van der Waals surface area contributed by atoms with Gasteiger partial charge in [-0.25, -0.2) is 5.43 Å². The van der Waals surface area contributed by atoms with Crippen LogP contribution < -0.4 is 5.43 Å². The van der Waals surface area contributed by atoms with Crippen LogP contribution in [0.3, 0.4) is 0 Å². The number of aromatic nitrogens is 2. The second-order valence-corrected chi connectivity index (χ2v) is 7.05. The molecule has 0 aliphatic rings. The van der Waals surface area contributed by atoms with Crippen molar-refractivity contribution in [2.45, 2.75) is 6.54 Å². The first-order valence-electron chi connectivity index (χ1n) is 7.97. The Morgan fingerprint density at radius 2 is 2.07 bits per heavy atom. The second kappa shape index (κ2) is 8.77. The van der Waals surface area contributed by atoms with Crippen molar-refractivity contribution in [3.05, 3.63) is 91.2 Å². The number of nitrogens with zero attached hydrogens (tertiary/aromatic N) is 4. The molecule has 10 heteroatoms. The molecule has 3 rings (SSSR count). The first-order valence-corrected chi connectivity index (χ1v) is 9.15. The molecule has 0 saturated heterocycles. The number of hydrogen-bond acceptors (Lipinski definition) is 5. The van der Waals surface area contributed by atoms with Gasteiger partial charge < -0.3 is 0 Å². The molecule has 0 unspecified atom stereocenters. The molecular formula is C18H13BrClN5O3. The summed E-state index contributed by atoms with van der Waals surface area (Å²) in [7, 11) is 0. The van der Waals surface area contributed by atoms with Gasteiger partial charge in [-0.2, -0.15) is 10.2 Å². The Labute approximate surface area is 173 Å². The van der Waals surface area contributed by atoms with Crippen LogP contribution in [0.15, 0.2) is 64.3 Å². The van der Waals surface area contributed by atoms with Gasteiger partial charge in [-0.05, 0) is 35.4 Å². The molecule has 0 aliphatic heterocycles. The normalized spacial score (nSPS) is 10.9. The first kappa shape index (κ1) is 19.7. The Morgan fingerprint density at radius 1 is 1.32 bits per heavy atom. The molecule has 1 heterocycles. The fraction of sp³-hybridized carbons (Fsp3) is 0.0556. The van der Waals surface area contributed by atoms with Gasteiger partial charge >= 0.3 is 5.69 Å². The van der Waals surface area contributed by atoms with E-state index >= 15 is 0 Å². The van der Waals surface area contributed by atoms with Gasteiger partial charge in [0.1, 0.15) is 6.20 Å². The van der Waals surface area contributed by atoms with Crippen molar-refractivity contribution in [1.29, 1.82) is 0 Å². The molecular weight excluding hydrogens is 450 g/mol. The van der Waals surface area contributed by atoms with Crippen LogP contribution >= 0.6 is 27.5 Å². The largest absolute Gasteiger partial charge is 0.320 e. The fourth-order valence-electron chi connectivity index (χ4n) is 2.38. The zero-order chi connectivity index (χ0) is 20.1. The van der Waals surface area contributed by atoms with Gasteiger partial charge in [-0.15, -0.1) is 0 Å². The zero-order valence-electron chi connectivity index (χ0n) is 14.3. The number of hydrazone groups is 1. The van der Waals surface area contributed by atoms with Gasteiger partial charge in [0.15, 0.2) is 0 Å². The zero-order valence-corrected chi connectivity index (χ0v) is 16.6. The van der Waals surface area contributed by atoms with E-state index in [0.29, 0.717) is 10.6 Å². The standard InChI is InChI=1S/C18H13BrClN5O3/c19-14-3-1-2-13(8-14)10-24-11-16(25(27)28)17(23-24)18(26)22-21-9-12-4-6-15(20)7-5-12/h1-9,11H,10H2,(H,22,26)/b21-9-. The molecule has 3 aromatic rings. The predicted octanol–water partition coefficient (Wildman–Crippen LogP) is 4.02. The number of nitrogens with one attached hydrogen (secondary N) is 1. The Hall–Kier alpha value is -3.04. The second-order valence-electron chi connectivity index (χ2n) is 5.70. The number of carbonyl (C=O) groups is 1. The van der Waals surface area contributed by atoms with E-state index in [1.54, 1.807) is 24.3 Å². The highest BCUT2D eigenvalue weighted by molar-refractivity contribution is 9.10. The highest BCUT2D eigenvalue weighted by atomic mass is 79.9. The Bertz CT molecular complexity index is 1050. The number of amides is 1. The van der Waals surface area contributed by atoms with Crippen LogP contribution in [0.25, 0.3) is 0 Å². The number of rotatable bonds is 6. The van der Waals surface area contributed by atoms with Gasteiger partial charge in [0, 0.05) is 9.50 Å². The summed E-state index contributed by atoms with van der Waals surface area (Å²) < 4.78 is 2.22. The minimum atomic E-state index is -0.773. The van der Waals surface area contributed by atoms with Crippen molar-refractivity contribution in [3.63, 3.8) is 0 Å². The summed E-state index contributed by atoms with van der Waals surface area (Å²) in [5.74, 6) is -0.773. The molecule has 2 aromatic carbocycles. The topological polar surface area (TPSA) is 102 Å². The molecule has 0 atom stereocenters. The number of nitro groups is 1. The Kier molecular flexibility index (Phi) is 6.17. The van der Waals surface area contributed by atoms with Gasteiger partial charge in [0.05, 0.1) is 17.7 Å². The molecule has 0 bridgehead atoms. The molecule has 0 radical (unpaired) electrons. The first-order chi connectivity index (χ1) is 13.4. The van der Waals surface area contributed by atoms with Crippen molar-refractivity contribution in [2.75, 3.05) is 0 Å². The highest BCUT2D eigenvalue weighted by Crippen LogP contribution is 2.19. The summed E-state index contributed by atoms with van der Waals surface area (Å²) in [5.41, 5.74) is 3.13. The summed E-state index contributed by atoms with van der Waals surface area (Å²) >= 11 is 9.17. The van der Waals surface area contributed by atoms with Gasteiger partial charge in [-0.1, -0.05) is 51.8 Å². The number of hydrogen-bond donors (Lipinski definition) is 1. The van der Waals surface area contributed by atoms with Crippen LogP contribution in [0.2, 0.25) is 5.02 Å². The molecule has 28 heavy (non-hydrogen) atoms. The molecule has 8 nitrogen and oxygen atoms in total. The minimum absolute atomic E-state index is 0.279. The highest BCUT2D eigenvalue weighted by Gasteiger charge is 2.25. The van der Waals surface area contributed by atoms with E-state index in [0.717, 1.165) is 10.0 Å². The van der Waals surface area contributed by atoms with Crippen LogP contribution in [-0.2, 0) is 6.54 Å². The van der Waals surface area contributed by atoms with E-state index in [1.165, 1.54) is 17.1 Å². The number of carbonyl (C=O) groups excluding carboxylic acids is 1. The quantitative estimate of drug-likeness (QED) is 0.339. The van der Waals surface area contributed by atoms with E-state index in [1.807, 2.05) is 24.3 Å².